The van der Waals surface area contributed by atoms with E-state index in [1.54, 1.807) is 5.56 Å². The molecule has 1 aromatic heterocycles. The highest BCUT2D eigenvalue weighted by Gasteiger charge is 2.47. The normalized spacial score (nSPS) is 13.9. The Hall–Kier alpha value is -8.72. The van der Waals surface area contributed by atoms with Crippen LogP contribution < -0.4 is 4.90 Å². The van der Waals surface area contributed by atoms with Crippen LogP contribution in [-0.4, -0.2) is 4.57 Å². The van der Waals surface area contributed by atoms with Crippen molar-refractivity contribution in [3.05, 3.63) is 254 Å². The Bertz CT molecular complexity index is 4080. The van der Waals surface area contributed by atoms with Crippen LogP contribution >= 0.6 is 0 Å². The zero-order valence-electron chi connectivity index (χ0n) is 40.0. The molecule has 11 aromatic carbocycles. The Morgan fingerprint density at radius 3 is 1.65 bits per heavy atom. The summed E-state index contributed by atoms with van der Waals surface area (Å²) in [7, 11) is 0. The Morgan fingerprint density at radius 1 is 0.333 bits per heavy atom. The van der Waals surface area contributed by atoms with Gasteiger partial charge in [0, 0.05) is 44.4 Å². The van der Waals surface area contributed by atoms with E-state index in [2.05, 4.69) is 252 Å². The monoisotopic (exact) mass is 918 g/mol. The molecule has 0 amide bonds. The van der Waals surface area contributed by atoms with E-state index in [4.69, 9.17) is 0 Å². The molecule has 3 aliphatic rings. The number of aromatic nitrogens is 1. The predicted molar refractivity (Wildman–Crippen MR) is 303 cm³/mol. The molecule has 0 atom stereocenters. The van der Waals surface area contributed by atoms with Gasteiger partial charge >= 0.3 is 0 Å². The molecular formula is C70H50N2. The molecule has 72 heavy (non-hydrogen) atoms. The lowest BCUT2D eigenvalue weighted by Gasteiger charge is -2.36. The van der Waals surface area contributed by atoms with Crippen molar-refractivity contribution in [3.8, 4) is 72.4 Å². The largest absolute Gasteiger partial charge is 0.310 e. The minimum atomic E-state index is 0.0606. The fraction of sp³-hybridized carbons (Fsp3) is 0.0857. The summed E-state index contributed by atoms with van der Waals surface area (Å²) >= 11 is 0. The molecule has 1 saturated carbocycles. The summed E-state index contributed by atoms with van der Waals surface area (Å²) in [5.74, 6) is 0. The molecule has 0 saturated heterocycles. The highest BCUT2D eigenvalue weighted by Crippen LogP contribution is 2.62. The number of nitrogens with zero attached hydrogens (tertiary/aromatic N) is 2. The molecule has 0 N–H and O–H groups in total. The lowest BCUT2D eigenvalue weighted by molar-refractivity contribution is 0.353. The first-order valence-electron chi connectivity index (χ1n) is 25.8. The molecule has 2 aliphatic carbocycles. The van der Waals surface area contributed by atoms with Gasteiger partial charge in [0.15, 0.2) is 0 Å². The van der Waals surface area contributed by atoms with E-state index in [0.717, 1.165) is 17.1 Å². The predicted octanol–water partition coefficient (Wildman–Crippen LogP) is 19.3. The number of para-hydroxylation sites is 1. The molecular weight excluding hydrogens is 869 g/mol. The zero-order valence-corrected chi connectivity index (χ0v) is 40.0. The maximum atomic E-state index is 2.61. The van der Waals surface area contributed by atoms with Crippen molar-refractivity contribution >= 4 is 49.6 Å². The fourth-order valence-corrected chi connectivity index (χ4v) is 13.2. The maximum absolute atomic E-state index is 2.61. The van der Waals surface area contributed by atoms with E-state index >= 15 is 0 Å². The third-order valence-corrected chi connectivity index (χ3v) is 16.4. The standard InChI is InChI=1S/C70H50N2/c1-4-17-46(18-5-1)54-40-55(47-19-6-2-7-20-47)44-58(43-54)71(56-25-14-23-50(41-56)52-32-31-48-21-8-9-22-49(48)39-52)57-26-15-24-51(42-57)53-33-36-66-62(45-53)60-28-16-29-63-67(60)68-64(70(63)37-12-3-13-38-70)35-34-61-59-27-10-11-30-65(59)72(66)69(61)68/h1-2,4-11,14-36,39-45H,3,12-13,37-38H2. The van der Waals surface area contributed by atoms with Crippen molar-refractivity contribution < 1.29 is 0 Å². The van der Waals surface area contributed by atoms with Crippen molar-refractivity contribution in [2.24, 2.45) is 0 Å². The van der Waals surface area contributed by atoms with Crippen LogP contribution in [0.3, 0.4) is 0 Å². The molecule has 15 rings (SSSR count). The van der Waals surface area contributed by atoms with Gasteiger partial charge in [-0.3, -0.25) is 0 Å². The van der Waals surface area contributed by atoms with Crippen LogP contribution in [0, 0.1) is 0 Å². The van der Waals surface area contributed by atoms with Crippen LogP contribution in [0.1, 0.15) is 43.2 Å². The van der Waals surface area contributed by atoms with E-state index in [9.17, 15) is 0 Å². The topological polar surface area (TPSA) is 8.17 Å². The molecule has 0 unspecified atom stereocenters. The zero-order chi connectivity index (χ0) is 47.3. The Labute approximate surface area is 420 Å². The highest BCUT2D eigenvalue weighted by molar-refractivity contribution is 6.19. The minimum absolute atomic E-state index is 0.0606. The second-order valence-electron chi connectivity index (χ2n) is 20.3. The third kappa shape index (κ3) is 6.28. The summed E-state index contributed by atoms with van der Waals surface area (Å²) in [5.41, 5.74) is 25.3. The molecule has 1 fully saturated rings. The quantitative estimate of drug-likeness (QED) is 0.155. The highest BCUT2D eigenvalue weighted by atomic mass is 15.1. The molecule has 340 valence electrons. The molecule has 2 heterocycles. The average molecular weight is 919 g/mol. The molecule has 0 radical (unpaired) electrons. The summed E-state index contributed by atoms with van der Waals surface area (Å²) in [6.45, 7) is 0. The van der Waals surface area contributed by atoms with Gasteiger partial charge in [-0.15, -0.1) is 0 Å². The molecule has 1 spiro atoms. The van der Waals surface area contributed by atoms with Gasteiger partial charge < -0.3 is 9.47 Å². The number of anilines is 3. The second-order valence-corrected chi connectivity index (χ2v) is 20.3. The van der Waals surface area contributed by atoms with E-state index in [0.29, 0.717) is 0 Å². The summed E-state index contributed by atoms with van der Waals surface area (Å²) in [6, 6.07) is 90.9. The van der Waals surface area contributed by atoms with Crippen molar-refractivity contribution in [2.75, 3.05) is 4.90 Å². The van der Waals surface area contributed by atoms with E-state index in [-0.39, 0.29) is 5.41 Å². The molecule has 0 bridgehead atoms. The number of fused-ring (bicyclic) bond motifs is 9. The van der Waals surface area contributed by atoms with E-state index in [1.807, 2.05) is 0 Å². The van der Waals surface area contributed by atoms with Gasteiger partial charge in [0.25, 0.3) is 0 Å². The van der Waals surface area contributed by atoms with Crippen molar-refractivity contribution in [1.29, 1.82) is 0 Å². The van der Waals surface area contributed by atoms with Gasteiger partial charge in [-0.25, -0.2) is 0 Å². The van der Waals surface area contributed by atoms with Crippen LogP contribution in [0.25, 0.3) is 105 Å². The fourth-order valence-electron chi connectivity index (χ4n) is 13.2. The van der Waals surface area contributed by atoms with Crippen molar-refractivity contribution in [2.45, 2.75) is 37.5 Å². The van der Waals surface area contributed by atoms with E-state index in [1.165, 1.54) is 143 Å². The summed E-state index contributed by atoms with van der Waals surface area (Å²) < 4.78 is 2.61. The molecule has 2 heteroatoms. The average Bonchev–Trinajstić information content (AvgIpc) is 3.88. The van der Waals surface area contributed by atoms with Gasteiger partial charge in [-0.05, 0) is 157 Å². The molecule has 1 aliphatic heterocycles. The van der Waals surface area contributed by atoms with Crippen molar-refractivity contribution in [3.63, 3.8) is 0 Å². The number of hydrogen-bond acceptors (Lipinski definition) is 1. The summed E-state index contributed by atoms with van der Waals surface area (Å²) in [5, 5.41) is 5.15. The van der Waals surface area contributed by atoms with Gasteiger partial charge in [0.1, 0.15) is 0 Å². The maximum Gasteiger partial charge on any atom is 0.0623 e. The van der Waals surface area contributed by atoms with Crippen LogP contribution in [0.15, 0.2) is 243 Å². The molecule has 12 aromatic rings. The minimum Gasteiger partial charge on any atom is -0.310 e. The Morgan fingerprint density at radius 2 is 0.917 bits per heavy atom. The van der Waals surface area contributed by atoms with Gasteiger partial charge in [-0.2, -0.15) is 0 Å². The van der Waals surface area contributed by atoms with Gasteiger partial charge in [-0.1, -0.05) is 195 Å². The second kappa shape index (κ2) is 16.2. The van der Waals surface area contributed by atoms with Gasteiger partial charge in [0.05, 0.1) is 16.7 Å². The lowest BCUT2D eigenvalue weighted by atomic mass is 9.67. The third-order valence-electron chi connectivity index (χ3n) is 16.4. The lowest BCUT2D eigenvalue weighted by Crippen LogP contribution is -2.28. The Balaban J connectivity index is 0.935. The van der Waals surface area contributed by atoms with E-state index < -0.39 is 0 Å². The molecule has 2 nitrogen and oxygen atoms in total. The first-order chi connectivity index (χ1) is 35.7. The summed E-state index contributed by atoms with van der Waals surface area (Å²) in [6.07, 6.45) is 6.29. The number of benzene rings is 11. The van der Waals surface area contributed by atoms with Crippen LogP contribution in [0.2, 0.25) is 0 Å². The SMILES string of the molecule is c1ccc(-c2cc(-c3ccccc3)cc(N(c3cccc(-c4ccc5c(c4)-c4cccc6c4-c4c(ccc7c8ccccc8n-5c47)C64CCCCC4)c3)c3cccc(-c4ccc5ccccc5c4)c3)c2)cc1. The van der Waals surface area contributed by atoms with Crippen LogP contribution in [0.4, 0.5) is 17.1 Å². The Kier molecular flexibility index (Phi) is 9.23. The smallest absolute Gasteiger partial charge is 0.0623 e. The first kappa shape index (κ1) is 41.1. The van der Waals surface area contributed by atoms with Gasteiger partial charge in [0.2, 0.25) is 0 Å². The summed E-state index contributed by atoms with van der Waals surface area (Å²) in [4.78, 5) is 2.46. The van der Waals surface area contributed by atoms with Crippen molar-refractivity contribution in [1.82, 2.24) is 4.57 Å². The number of rotatable bonds is 7. The number of hydrogen-bond donors (Lipinski definition) is 0. The first-order valence-corrected chi connectivity index (χ1v) is 25.8. The van der Waals surface area contributed by atoms with Crippen LogP contribution in [0.5, 0.6) is 0 Å². The van der Waals surface area contributed by atoms with Crippen LogP contribution in [-0.2, 0) is 5.41 Å².